The van der Waals surface area contributed by atoms with Crippen LogP contribution in [0.15, 0.2) is 36.4 Å². The molecule has 4 nitrogen and oxygen atoms in total. The molecule has 3 aromatic rings. The second-order valence-corrected chi connectivity index (χ2v) is 7.37. The Morgan fingerprint density at radius 1 is 1.07 bits per heavy atom. The summed E-state index contributed by atoms with van der Waals surface area (Å²) in [6.07, 6.45) is 1.57. The number of nitrogens with zero attached hydrogens (tertiary/aromatic N) is 2. The second kappa shape index (κ2) is 6.93. The van der Waals surface area contributed by atoms with Crippen molar-refractivity contribution >= 4 is 27.7 Å². The third kappa shape index (κ3) is 3.30. The molecule has 1 fully saturated rings. The van der Waals surface area contributed by atoms with Gasteiger partial charge in [-0.05, 0) is 56.2 Å². The van der Waals surface area contributed by atoms with Crippen molar-refractivity contribution in [3.8, 4) is 0 Å². The van der Waals surface area contributed by atoms with Crippen LogP contribution in [0, 0.1) is 11.6 Å². The zero-order chi connectivity index (χ0) is 19.1. The van der Waals surface area contributed by atoms with Gasteiger partial charge in [0.25, 0.3) is 0 Å². The summed E-state index contributed by atoms with van der Waals surface area (Å²) in [6, 6.07) is 8.88. The quantitative estimate of drug-likeness (QED) is 0.756. The molecule has 6 heteroatoms. The molecule has 1 N–H and O–H groups in total. The van der Waals surface area contributed by atoms with Crippen LogP contribution < -0.4 is 0 Å². The average Bonchev–Trinajstić information content (AvgIpc) is 2.91. The minimum atomic E-state index is -0.775. The number of benzene rings is 2. The van der Waals surface area contributed by atoms with Gasteiger partial charge in [0.2, 0.25) is 5.91 Å². The first-order valence-electron chi connectivity index (χ1n) is 9.28. The van der Waals surface area contributed by atoms with E-state index >= 15 is 0 Å². The van der Waals surface area contributed by atoms with Crippen molar-refractivity contribution in [3.63, 3.8) is 0 Å². The molecular weight excluding hydrogens is 350 g/mol. The number of aliphatic hydroxyl groups excluding tert-OH is 1. The van der Waals surface area contributed by atoms with E-state index in [9.17, 15) is 18.7 Å². The first kappa shape index (κ1) is 17.9. The summed E-state index contributed by atoms with van der Waals surface area (Å²) < 4.78 is 29.3. The summed E-state index contributed by atoms with van der Waals surface area (Å²) in [5.74, 6) is -0.711. The largest absolute Gasteiger partial charge is 0.389 e. The van der Waals surface area contributed by atoms with E-state index in [0.29, 0.717) is 17.2 Å². The lowest BCUT2D eigenvalue weighted by Crippen LogP contribution is -2.46. The van der Waals surface area contributed by atoms with Crippen molar-refractivity contribution in [1.82, 2.24) is 9.47 Å². The Bertz CT molecular complexity index is 955. The maximum Gasteiger partial charge on any atom is 0.222 e. The standard InChI is InChI=1S/C21H22F2N2O2/c1-13-3-2-4-21(27)24(13)11-16(26)12-25-19-7-5-14(22)9-17(19)18-10-15(23)6-8-20(18)25/h5-10,13,16,26H,2-4,11-12H2,1H3. The van der Waals surface area contributed by atoms with Gasteiger partial charge in [-0.1, -0.05) is 0 Å². The number of hydrogen-bond acceptors (Lipinski definition) is 2. The first-order valence-corrected chi connectivity index (χ1v) is 9.28. The van der Waals surface area contributed by atoms with Crippen molar-refractivity contribution in [2.24, 2.45) is 0 Å². The summed E-state index contributed by atoms with van der Waals surface area (Å²) in [4.78, 5) is 13.9. The van der Waals surface area contributed by atoms with Gasteiger partial charge in [-0.3, -0.25) is 4.79 Å². The van der Waals surface area contributed by atoms with E-state index in [0.717, 1.165) is 23.9 Å². The normalized spacial score (nSPS) is 19.2. The molecule has 2 unspecified atom stereocenters. The van der Waals surface area contributed by atoms with Gasteiger partial charge < -0.3 is 14.6 Å². The fourth-order valence-corrected chi connectivity index (χ4v) is 4.12. The number of carbonyl (C=O) groups is 1. The summed E-state index contributed by atoms with van der Waals surface area (Å²) >= 11 is 0. The van der Waals surface area contributed by atoms with Gasteiger partial charge in [-0.15, -0.1) is 0 Å². The minimum Gasteiger partial charge on any atom is -0.389 e. The number of halogens is 2. The molecule has 0 radical (unpaired) electrons. The van der Waals surface area contributed by atoms with Gasteiger partial charge in [-0.2, -0.15) is 0 Å². The highest BCUT2D eigenvalue weighted by molar-refractivity contribution is 6.08. The van der Waals surface area contributed by atoms with Crippen molar-refractivity contribution < 1.29 is 18.7 Å². The van der Waals surface area contributed by atoms with Gasteiger partial charge in [0.05, 0.1) is 12.6 Å². The number of β-amino-alcohol motifs (C(OH)–C–C–N with tert-alkyl or cyclic N) is 1. The number of likely N-dealkylation sites (tertiary alicyclic amines) is 1. The molecule has 0 spiro atoms. The van der Waals surface area contributed by atoms with Gasteiger partial charge in [0.15, 0.2) is 0 Å². The molecule has 1 aliphatic rings. The molecule has 1 aromatic heterocycles. The predicted molar refractivity (Wildman–Crippen MR) is 100 cm³/mol. The Kier molecular flexibility index (Phi) is 4.60. The molecule has 1 aliphatic heterocycles. The molecule has 1 saturated heterocycles. The molecule has 0 bridgehead atoms. The van der Waals surface area contributed by atoms with Crippen LogP contribution in [0.4, 0.5) is 8.78 Å². The molecule has 2 heterocycles. The van der Waals surface area contributed by atoms with E-state index in [2.05, 4.69) is 0 Å². The molecule has 142 valence electrons. The van der Waals surface area contributed by atoms with E-state index in [1.165, 1.54) is 24.3 Å². The Morgan fingerprint density at radius 3 is 2.22 bits per heavy atom. The van der Waals surface area contributed by atoms with E-state index in [4.69, 9.17) is 0 Å². The highest BCUT2D eigenvalue weighted by Gasteiger charge is 2.27. The highest BCUT2D eigenvalue weighted by Crippen LogP contribution is 2.30. The molecule has 0 aliphatic carbocycles. The molecule has 2 atom stereocenters. The van der Waals surface area contributed by atoms with E-state index in [-0.39, 0.29) is 36.7 Å². The second-order valence-electron chi connectivity index (χ2n) is 7.37. The summed E-state index contributed by atoms with van der Waals surface area (Å²) in [5.41, 5.74) is 1.46. The number of amides is 1. The maximum absolute atomic E-state index is 13.7. The zero-order valence-electron chi connectivity index (χ0n) is 15.2. The Morgan fingerprint density at radius 2 is 1.67 bits per heavy atom. The van der Waals surface area contributed by atoms with Crippen molar-refractivity contribution in [3.05, 3.63) is 48.0 Å². The van der Waals surface area contributed by atoms with Gasteiger partial charge >= 0.3 is 0 Å². The number of fused-ring (bicyclic) bond motifs is 3. The molecule has 1 amide bonds. The fourth-order valence-electron chi connectivity index (χ4n) is 4.12. The van der Waals surface area contributed by atoms with Crippen LogP contribution in [-0.4, -0.2) is 39.2 Å². The Hall–Kier alpha value is -2.47. The van der Waals surface area contributed by atoms with Crippen molar-refractivity contribution in [1.29, 1.82) is 0 Å². The lowest BCUT2D eigenvalue weighted by atomic mass is 10.0. The van der Waals surface area contributed by atoms with Crippen LogP contribution in [0.25, 0.3) is 21.8 Å². The molecule has 0 saturated carbocycles. The maximum atomic E-state index is 13.7. The number of rotatable bonds is 4. The van der Waals surface area contributed by atoms with Gasteiger partial charge in [-0.25, -0.2) is 8.78 Å². The first-order chi connectivity index (χ1) is 12.9. The average molecular weight is 372 g/mol. The SMILES string of the molecule is CC1CCCC(=O)N1CC(O)Cn1c2ccc(F)cc2c2cc(F)ccc21. The van der Waals surface area contributed by atoms with E-state index in [1.807, 2.05) is 11.5 Å². The lowest BCUT2D eigenvalue weighted by Gasteiger charge is -2.35. The fraction of sp³-hybridized carbons (Fsp3) is 0.381. The number of hydrogen-bond donors (Lipinski definition) is 1. The van der Waals surface area contributed by atoms with Crippen LogP contribution in [-0.2, 0) is 11.3 Å². The van der Waals surface area contributed by atoms with Crippen LogP contribution in [0.2, 0.25) is 0 Å². The summed E-state index contributed by atoms with van der Waals surface area (Å²) in [5, 5.41) is 11.9. The van der Waals surface area contributed by atoms with Crippen LogP contribution in [0.5, 0.6) is 0 Å². The zero-order valence-corrected chi connectivity index (χ0v) is 15.2. The van der Waals surface area contributed by atoms with Crippen molar-refractivity contribution in [2.45, 2.75) is 44.9 Å². The smallest absolute Gasteiger partial charge is 0.222 e. The number of aromatic nitrogens is 1. The van der Waals surface area contributed by atoms with Crippen LogP contribution >= 0.6 is 0 Å². The van der Waals surface area contributed by atoms with Gasteiger partial charge in [0, 0.05) is 40.8 Å². The summed E-state index contributed by atoms with van der Waals surface area (Å²) in [6.45, 7) is 2.49. The lowest BCUT2D eigenvalue weighted by molar-refractivity contribution is -0.137. The van der Waals surface area contributed by atoms with Crippen molar-refractivity contribution in [2.75, 3.05) is 6.54 Å². The molecule has 27 heavy (non-hydrogen) atoms. The minimum absolute atomic E-state index is 0.0687. The Balaban J connectivity index is 1.69. The van der Waals surface area contributed by atoms with Gasteiger partial charge in [0.1, 0.15) is 11.6 Å². The van der Waals surface area contributed by atoms with Crippen LogP contribution in [0.3, 0.4) is 0 Å². The Labute approximate surface area is 156 Å². The molecule has 2 aromatic carbocycles. The topological polar surface area (TPSA) is 45.5 Å². The monoisotopic (exact) mass is 372 g/mol. The van der Waals surface area contributed by atoms with E-state index in [1.54, 1.807) is 17.0 Å². The molecular formula is C21H22F2N2O2. The number of carbonyl (C=O) groups excluding carboxylic acids is 1. The third-order valence-corrected chi connectivity index (χ3v) is 5.45. The number of piperidine rings is 1. The third-order valence-electron chi connectivity index (χ3n) is 5.45. The highest BCUT2D eigenvalue weighted by atomic mass is 19.1. The predicted octanol–water partition coefficient (Wildman–Crippen LogP) is 3.83. The van der Waals surface area contributed by atoms with Crippen LogP contribution in [0.1, 0.15) is 26.2 Å². The summed E-state index contributed by atoms with van der Waals surface area (Å²) in [7, 11) is 0. The molecule has 4 rings (SSSR count). The van der Waals surface area contributed by atoms with E-state index < -0.39 is 6.10 Å². The number of aliphatic hydroxyl groups is 1.